The Bertz CT molecular complexity index is 519. The fourth-order valence-electron chi connectivity index (χ4n) is 2.53. The molecule has 1 unspecified atom stereocenters. The van der Waals surface area contributed by atoms with Gasteiger partial charge in [-0.05, 0) is 45.2 Å². The van der Waals surface area contributed by atoms with Crippen LogP contribution in [0.25, 0.3) is 0 Å². The highest BCUT2D eigenvalue weighted by atomic mass is 16.6. The van der Waals surface area contributed by atoms with E-state index < -0.39 is 5.60 Å². The molecule has 1 N–H and O–H groups in total. The second-order valence-electron chi connectivity index (χ2n) is 7.05. The summed E-state index contributed by atoms with van der Waals surface area (Å²) in [5, 5.41) is 3.54. The fourth-order valence-corrected chi connectivity index (χ4v) is 2.53. The van der Waals surface area contributed by atoms with E-state index >= 15 is 0 Å². The first-order chi connectivity index (χ1) is 10.8. The van der Waals surface area contributed by atoms with Crippen molar-refractivity contribution in [1.29, 1.82) is 0 Å². The van der Waals surface area contributed by atoms with E-state index in [0.717, 1.165) is 37.3 Å². The second-order valence-corrected chi connectivity index (χ2v) is 7.05. The first kappa shape index (κ1) is 17.6. The van der Waals surface area contributed by atoms with Crippen LogP contribution < -0.4 is 5.32 Å². The molecule has 1 aromatic rings. The Morgan fingerprint density at radius 2 is 2.13 bits per heavy atom. The lowest BCUT2D eigenvalue weighted by Crippen LogP contribution is -2.34. The number of nitrogens with one attached hydrogen (secondary N) is 1. The molecule has 2 rings (SSSR count). The number of hydrogen-bond donors (Lipinski definition) is 1. The van der Waals surface area contributed by atoms with Crippen LogP contribution in [0.5, 0.6) is 0 Å². The van der Waals surface area contributed by atoms with E-state index in [4.69, 9.17) is 9.47 Å². The number of carbonyl (C=O) groups is 1. The Hall–Kier alpha value is -1.75. The Morgan fingerprint density at radius 3 is 2.78 bits per heavy atom. The van der Waals surface area contributed by atoms with E-state index in [9.17, 15) is 4.79 Å². The van der Waals surface area contributed by atoms with E-state index in [1.165, 1.54) is 0 Å². The quantitative estimate of drug-likeness (QED) is 0.920. The molecule has 1 amide bonds. The minimum Gasteiger partial charge on any atom is -0.444 e. The number of para-hydroxylation sites is 1. The third-order valence-corrected chi connectivity index (χ3v) is 3.65. The predicted octanol–water partition coefficient (Wildman–Crippen LogP) is 3.64. The number of rotatable bonds is 4. The average molecular weight is 320 g/mol. The van der Waals surface area contributed by atoms with Crippen LogP contribution in [0.15, 0.2) is 24.3 Å². The fraction of sp³-hybridized carbons (Fsp3) is 0.611. The zero-order valence-electron chi connectivity index (χ0n) is 14.6. The van der Waals surface area contributed by atoms with Crippen LogP contribution >= 0.6 is 0 Å². The molecule has 5 heteroatoms. The predicted molar refractivity (Wildman–Crippen MR) is 91.6 cm³/mol. The van der Waals surface area contributed by atoms with Gasteiger partial charge in [0.2, 0.25) is 0 Å². The number of hydrogen-bond acceptors (Lipinski definition) is 4. The SMILES string of the molecule is CN(Cc1ccccc1NC1CCCOC1)C(=O)OC(C)(C)C. The molecule has 0 radical (unpaired) electrons. The van der Waals surface area contributed by atoms with Gasteiger partial charge >= 0.3 is 6.09 Å². The van der Waals surface area contributed by atoms with Crippen LogP contribution in [-0.2, 0) is 16.0 Å². The van der Waals surface area contributed by atoms with E-state index in [-0.39, 0.29) is 6.09 Å². The van der Waals surface area contributed by atoms with Gasteiger partial charge in [-0.3, -0.25) is 0 Å². The molecule has 23 heavy (non-hydrogen) atoms. The molecule has 0 aliphatic carbocycles. The zero-order chi connectivity index (χ0) is 16.9. The molecule has 1 heterocycles. The summed E-state index contributed by atoms with van der Waals surface area (Å²) in [4.78, 5) is 13.7. The summed E-state index contributed by atoms with van der Waals surface area (Å²) in [7, 11) is 1.76. The summed E-state index contributed by atoms with van der Waals surface area (Å²) in [6.07, 6.45) is 1.88. The standard InChI is InChI=1S/C18H28N2O3/c1-18(2,3)23-17(21)20(4)12-14-8-5-6-10-16(14)19-15-9-7-11-22-13-15/h5-6,8,10,15,19H,7,9,11-13H2,1-4H3. The minimum absolute atomic E-state index is 0.312. The average Bonchev–Trinajstić information content (AvgIpc) is 2.48. The number of carbonyl (C=O) groups excluding carboxylic acids is 1. The van der Waals surface area contributed by atoms with Crippen molar-refractivity contribution in [1.82, 2.24) is 4.90 Å². The largest absolute Gasteiger partial charge is 0.444 e. The first-order valence-electron chi connectivity index (χ1n) is 8.21. The molecule has 1 fully saturated rings. The van der Waals surface area contributed by atoms with Crippen molar-refractivity contribution < 1.29 is 14.3 Å². The maximum atomic E-state index is 12.1. The topological polar surface area (TPSA) is 50.8 Å². The van der Waals surface area contributed by atoms with Gasteiger partial charge in [0.15, 0.2) is 0 Å². The number of benzene rings is 1. The molecule has 1 aliphatic rings. The molecule has 128 valence electrons. The molecule has 0 aromatic heterocycles. The van der Waals surface area contributed by atoms with Gasteiger partial charge in [-0.2, -0.15) is 0 Å². The highest BCUT2D eigenvalue weighted by Gasteiger charge is 2.21. The molecular formula is C18H28N2O3. The molecule has 0 bridgehead atoms. The van der Waals surface area contributed by atoms with Crippen molar-refractivity contribution in [2.75, 3.05) is 25.6 Å². The van der Waals surface area contributed by atoms with Gasteiger partial charge in [0.25, 0.3) is 0 Å². The molecule has 0 spiro atoms. The van der Waals surface area contributed by atoms with E-state index in [1.807, 2.05) is 45.0 Å². The maximum Gasteiger partial charge on any atom is 0.410 e. The highest BCUT2D eigenvalue weighted by molar-refractivity contribution is 5.68. The summed E-state index contributed by atoms with van der Waals surface area (Å²) in [6, 6.07) is 8.40. The summed E-state index contributed by atoms with van der Waals surface area (Å²) < 4.78 is 10.9. The molecule has 1 aliphatic heterocycles. The lowest BCUT2D eigenvalue weighted by atomic mass is 10.1. The van der Waals surface area contributed by atoms with Gasteiger partial charge < -0.3 is 19.7 Å². The van der Waals surface area contributed by atoms with Crippen molar-refractivity contribution >= 4 is 11.8 Å². The van der Waals surface area contributed by atoms with Crippen molar-refractivity contribution in [3.05, 3.63) is 29.8 Å². The first-order valence-corrected chi connectivity index (χ1v) is 8.21. The van der Waals surface area contributed by atoms with E-state index in [2.05, 4.69) is 5.32 Å². The maximum absolute atomic E-state index is 12.1. The Balaban J connectivity index is 2.00. The molecule has 1 atom stereocenters. The highest BCUT2D eigenvalue weighted by Crippen LogP contribution is 2.21. The van der Waals surface area contributed by atoms with Gasteiger partial charge in [0.1, 0.15) is 5.60 Å². The smallest absolute Gasteiger partial charge is 0.410 e. The second kappa shape index (κ2) is 7.68. The summed E-state index contributed by atoms with van der Waals surface area (Å²) in [6.45, 7) is 7.70. The third-order valence-electron chi connectivity index (χ3n) is 3.65. The molecule has 1 saturated heterocycles. The Morgan fingerprint density at radius 1 is 1.39 bits per heavy atom. The van der Waals surface area contributed by atoms with Crippen molar-refractivity contribution in [2.24, 2.45) is 0 Å². The van der Waals surface area contributed by atoms with Gasteiger partial charge in [-0.1, -0.05) is 18.2 Å². The van der Waals surface area contributed by atoms with Crippen molar-refractivity contribution in [2.45, 2.75) is 51.8 Å². The lowest BCUT2D eigenvalue weighted by Gasteiger charge is -2.27. The van der Waals surface area contributed by atoms with Gasteiger partial charge in [0, 0.05) is 25.4 Å². The normalized spacial score (nSPS) is 18.3. The Labute approximate surface area is 139 Å². The van der Waals surface area contributed by atoms with Gasteiger partial charge in [-0.25, -0.2) is 4.79 Å². The lowest BCUT2D eigenvalue weighted by molar-refractivity contribution is 0.0285. The number of amides is 1. The van der Waals surface area contributed by atoms with Crippen LogP contribution in [0.1, 0.15) is 39.2 Å². The third kappa shape index (κ3) is 5.75. The monoisotopic (exact) mass is 320 g/mol. The molecule has 1 aromatic carbocycles. The van der Waals surface area contributed by atoms with Gasteiger partial charge in [0.05, 0.1) is 13.2 Å². The van der Waals surface area contributed by atoms with Crippen LogP contribution in [0.3, 0.4) is 0 Å². The van der Waals surface area contributed by atoms with Crippen LogP contribution in [0.2, 0.25) is 0 Å². The van der Waals surface area contributed by atoms with Crippen LogP contribution in [0, 0.1) is 0 Å². The summed E-state index contributed by atoms with van der Waals surface area (Å²) >= 11 is 0. The van der Waals surface area contributed by atoms with E-state index in [1.54, 1.807) is 11.9 Å². The number of anilines is 1. The molecular weight excluding hydrogens is 292 g/mol. The van der Waals surface area contributed by atoms with Crippen LogP contribution in [-0.4, -0.2) is 42.9 Å². The van der Waals surface area contributed by atoms with Crippen molar-refractivity contribution in [3.8, 4) is 0 Å². The van der Waals surface area contributed by atoms with E-state index in [0.29, 0.717) is 12.6 Å². The minimum atomic E-state index is -0.484. The van der Waals surface area contributed by atoms with Crippen LogP contribution in [0.4, 0.5) is 10.5 Å². The number of nitrogens with zero attached hydrogens (tertiary/aromatic N) is 1. The van der Waals surface area contributed by atoms with Crippen molar-refractivity contribution in [3.63, 3.8) is 0 Å². The summed E-state index contributed by atoms with van der Waals surface area (Å²) in [5.74, 6) is 0. The zero-order valence-corrected chi connectivity index (χ0v) is 14.6. The molecule has 5 nitrogen and oxygen atoms in total. The molecule has 0 saturated carbocycles. The Kier molecular flexibility index (Phi) is 5.88. The number of ether oxygens (including phenoxy) is 2. The van der Waals surface area contributed by atoms with Gasteiger partial charge in [-0.15, -0.1) is 0 Å². The summed E-state index contributed by atoms with van der Waals surface area (Å²) in [5.41, 5.74) is 1.65.